The highest BCUT2D eigenvalue weighted by Gasteiger charge is 2.15. The van der Waals surface area contributed by atoms with Crippen molar-refractivity contribution in [2.24, 2.45) is 0 Å². The van der Waals surface area contributed by atoms with Crippen LogP contribution in [0.5, 0.6) is 11.5 Å². The fraction of sp³-hybridized carbons (Fsp3) is 0.273. The first-order valence-electron chi connectivity index (χ1n) is 9.08. The predicted octanol–water partition coefficient (Wildman–Crippen LogP) is 3.33. The van der Waals surface area contributed by atoms with E-state index in [1.807, 2.05) is 30.3 Å². The van der Waals surface area contributed by atoms with Crippen molar-refractivity contribution in [2.75, 3.05) is 46.4 Å². The van der Waals surface area contributed by atoms with Gasteiger partial charge in [-0.2, -0.15) is 0 Å². The molecule has 0 aliphatic carbocycles. The summed E-state index contributed by atoms with van der Waals surface area (Å²) in [5.41, 5.74) is 8.88. The molecule has 0 saturated heterocycles. The number of rotatable bonds is 9. The first-order valence-corrected chi connectivity index (χ1v) is 9.08. The number of hydrogen-bond acceptors (Lipinski definition) is 7. The van der Waals surface area contributed by atoms with Crippen molar-refractivity contribution >= 4 is 29.3 Å². The molecule has 0 unspecified atom stereocenters. The van der Waals surface area contributed by atoms with Crippen molar-refractivity contribution in [2.45, 2.75) is 0 Å². The molecule has 0 bridgehead atoms. The predicted molar refractivity (Wildman–Crippen MR) is 119 cm³/mol. The molecule has 0 aliphatic heterocycles. The molecule has 0 amide bonds. The Labute approximate surface area is 181 Å². The molecule has 8 heteroatoms. The molecule has 0 radical (unpaired) electrons. The Morgan fingerprint density at radius 3 is 2.23 bits per heavy atom. The van der Waals surface area contributed by atoms with Gasteiger partial charge in [0, 0.05) is 36.8 Å². The molecule has 1 aromatic heterocycles. The number of nitrogen functional groups attached to an aromatic ring is 1. The fourth-order valence-corrected chi connectivity index (χ4v) is 2.83. The molecule has 30 heavy (non-hydrogen) atoms. The summed E-state index contributed by atoms with van der Waals surface area (Å²) in [4.78, 5) is 8.81. The van der Waals surface area contributed by atoms with E-state index < -0.39 is 0 Å². The molecule has 0 saturated carbocycles. The minimum Gasteiger partial charge on any atom is -0.487 e. The van der Waals surface area contributed by atoms with Gasteiger partial charge in [-0.3, -0.25) is 0 Å². The van der Waals surface area contributed by atoms with Crippen LogP contribution in [0.2, 0.25) is 0 Å². The number of aromatic nitrogens is 2. The first-order chi connectivity index (χ1) is 14.2. The van der Waals surface area contributed by atoms with Crippen LogP contribution in [0.3, 0.4) is 0 Å². The summed E-state index contributed by atoms with van der Waals surface area (Å²) < 4.78 is 21.8. The highest BCUT2D eigenvalue weighted by Crippen LogP contribution is 2.36. The van der Waals surface area contributed by atoms with Gasteiger partial charge in [0.25, 0.3) is 0 Å². The van der Waals surface area contributed by atoms with Gasteiger partial charge in [0.2, 0.25) is 5.95 Å². The van der Waals surface area contributed by atoms with Crippen LogP contribution in [-0.4, -0.2) is 50.6 Å². The van der Waals surface area contributed by atoms with Crippen LogP contribution in [-0.2, 0) is 9.47 Å². The average Bonchev–Trinajstić information content (AvgIpc) is 2.74. The molecular weight excluding hydrogens is 406 g/mol. The molecule has 0 fully saturated rings. The van der Waals surface area contributed by atoms with Gasteiger partial charge in [0.1, 0.15) is 13.2 Å². The van der Waals surface area contributed by atoms with Crippen LogP contribution in [0.1, 0.15) is 5.56 Å². The Morgan fingerprint density at radius 2 is 1.60 bits per heavy atom. The van der Waals surface area contributed by atoms with Gasteiger partial charge in [-0.25, -0.2) is 9.97 Å². The van der Waals surface area contributed by atoms with E-state index in [9.17, 15) is 0 Å². The number of fused-ring (bicyclic) bond motifs is 1. The molecule has 2 aromatic carbocycles. The van der Waals surface area contributed by atoms with Gasteiger partial charge < -0.3 is 24.7 Å². The van der Waals surface area contributed by atoms with Crippen molar-refractivity contribution in [1.82, 2.24) is 9.97 Å². The SMILES string of the molecule is C#Cc1cccc(-c2nc(N)nc3cc(OCCOC)c(OCCOC)cc23)c1.Cl. The zero-order valence-electron chi connectivity index (χ0n) is 16.9. The van der Waals surface area contributed by atoms with Gasteiger partial charge in [-0.15, -0.1) is 18.8 Å². The molecule has 3 aromatic rings. The maximum Gasteiger partial charge on any atom is 0.221 e. The molecule has 2 N–H and O–H groups in total. The van der Waals surface area contributed by atoms with E-state index >= 15 is 0 Å². The number of hydrogen-bond donors (Lipinski definition) is 1. The molecule has 1 heterocycles. The average molecular weight is 430 g/mol. The van der Waals surface area contributed by atoms with Gasteiger partial charge in [-0.1, -0.05) is 18.1 Å². The van der Waals surface area contributed by atoms with E-state index in [0.717, 1.165) is 16.5 Å². The lowest BCUT2D eigenvalue weighted by atomic mass is 10.0. The van der Waals surface area contributed by atoms with Gasteiger partial charge >= 0.3 is 0 Å². The Morgan fingerprint density at radius 1 is 0.933 bits per heavy atom. The van der Waals surface area contributed by atoms with Crippen molar-refractivity contribution in [3.05, 3.63) is 42.0 Å². The number of anilines is 1. The van der Waals surface area contributed by atoms with E-state index in [0.29, 0.717) is 49.1 Å². The Hall–Kier alpha value is -3.05. The number of halogens is 1. The summed E-state index contributed by atoms with van der Waals surface area (Å²) in [6, 6.07) is 11.2. The highest BCUT2D eigenvalue weighted by molar-refractivity contribution is 5.95. The molecule has 7 nitrogen and oxygen atoms in total. The lowest BCUT2D eigenvalue weighted by Crippen LogP contribution is -2.09. The standard InChI is InChI=1S/C22H23N3O4.ClH/c1-4-15-6-5-7-16(12-15)21-17-13-19(28-10-8-26-2)20(29-11-9-27-3)14-18(17)24-22(23)25-21;/h1,5-7,12-14H,8-11H2,2-3H3,(H2,23,24,25);1H. The molecule has 0 spiro atoms. The summed E-state index contributed by atoms with van der Waals surface area (Å²) in [5.74, 6) is 3.91. The summed E-state index contributed by atoms with van der Waals surface area (Å²) in [7, 11) is 3.23. The van der Waals surface area contributed by atoms with E-state index in [4.69, 9.17) is 31.1 Å². The van der Waals surface area contributed by atoms with E-state index in [1.54, 1.807) is 20.3 Å². The lowest BCUT2D eigenvalue weighted by Gasteiger charge is -2.15. The number of ether oxygens (including phenoxy) is 4. The Balaban J connectivity index is 0.00000320. The maximum absolute atomic E-state index is 5.97. The third-order valence-electron chi connectivity index (χ3n) is 4.17. The maximum atomic E-state index is 5.97. The quantitative estimate of drug-likeness (QED) is 0.412. The Bertz CT molecular complexity index is 1040. The van der Waals surface area contributed by atoms with Gasteiger partial charge in [-0.05, 0) is 18.2 Å². The number of terminal acetylenes is 1. The normalized spacial score (nSPS) is 10.3. The third-order valence-corrected chi connectivity index (χ3v) is 4.17. The Kier molecular flexibility index (Phi) is 8.69. The van der Waals surface area contributed by atoms with E-state index in [2.05, 4.69) is 15.9 Å². The molecular formula is C22H24ClN3O4. The largest absolute Gasteiger partial charge is 0.487 e. The minimum atomic E-state index is 0. The summed E-state index contributed by atoms with van der Waals surface area (Å²) in [6.07, 6.45) is 5.54. The smallest absolute Gasteiger partial charge is 0.221 e. The van der Waals surface area contributed by atoms with Crippen LogP contribution >= 0.6 is 12.4 Å². The second kappa shape index (κ2) is 11.2. The lowest BCUT2D eigenvalue weighted by molar-refractivity contribution is 0.132. The minimum absolute atomic E-state index is 0. The number of nitrogens with zero attached hydrogens (tertiary/aromatic N) is 2. The zero-order valence-corrected chi connectivity index (χ0v) is 17.7. The van der Waals surface area contributed by atoms with Crippen molar-refractivity contribution in [1.29, 1.82) is 0 Å². The second-order valence-corrected chi connectivity index (χ2v) is 6.15. The number of methoxy groups -OCH3 is 2. The third kappa shape index (κ3) is 5.51. The van der Waals surface area contributed by atoms with Crippen molar-refractivity contribution in [3.63, 3.8) is 0 Å². The van der Waals surface area contributed by atoms with Crippen LogP contribution < -0.4 is 15.2 Å². The zero-order chi connectivity index (χ0) is 20.6. The summed E-state index contributed by atoms with van der Waals surface area (Å²) >= 11 is 0. The molecule has 158 valence electrons. The molecule has 0 aliphatic rings. The van der Waals surface area contributed by atoms with E-state index in [1.165, 1.54) is 0 Å². The second-order valence-electron chi connectivity index (χ2n) is 6.15. The van der Waals surface area contributed by atoms with E-state index in [-0.39, 0.29) is 18.4 Å². The highest BCUT2D eigenvalue weighted by atomic mass is 35.5. The molecule has 0 atom stereocenters. The van der Waals surface area contributed by atoms with Crippen LogP contribution in [0.4, 0.5) is 5.95 Å². The summed E-state index contributed by atoms with van der Waals surface area (Å²) in [6.45, 7) is 1.65. The van der Waals surface area contributed by atoms with Crippen LogP contribution in [0.15, 0.2) is 36.4 Å². The monoisotopic (exact) mass is 429 g/mol. The first kappa shape index (κ1) is 23.2. The summed E-state index contributed by atoms with van der Waals surface area (Å²) in [5, 5.41) is 0.778. The van der Waals surface area contributed by atoms with Crippen LogP contribution in [0, 0.1) is 12.3 Å². The topological polar surface area (TPSA) is 88.7 Å². The van der Waals surface area contributed by atoms with Crippen molar-refractivity contribution in [3.8, 4) is 35.1 Å². The van der Waals surface area contributed by atoms with Gasteiger partial charge in [0.15, 0.2) is 11.5 Å². The van der Waals surface area contributed by atoms with Crippen molar-refractivity contribution < 1.29 is 18.9 Å². The van der Waals surface area contributed by atoms with Gasteiger partial charge in [0.05, 0.1) is 24.4 Å². The van der Waals surface area contributed by atoms with Crippen LogP contribution in [0.25, 0.3) is 22.2 Å². The fourth-order valence-electron chi connectivity index (χ4n) is 2.83. The number of benzene rings is 2. The molecule has 3 rings (SSSR count). The number of nitrogens with two attached hydrogens (primary N) is 1.